The van der Waals surface area contributed by atoms with Crippen LogP contribution >= 0.6 is 11.8 Å². The number of ether oxygens (including phenoxy) is 1. The summed E-state index contributed by atoms with van der Waals surface area (Å²) >= 11 is 1.30. The predicted molar refractivity (Wildman–Crippen MR) is 48.3 cm³/mol. The Bertz CT molecular complexity index is 226. The van der Waals surface area contributed by atoms with E-state index in [-0.39, 0.29) is 17.8 Å². The number of rotatable bonds is 3. The first-order chi connectivity index (χ1) is 6.00. The molecule has 0 amide bonds. The van der Waals surface area contributed by atoms with E-state index in [0.717, 1.165) is 0 Å². The normalized spacial score (nSPS) is 27.8. The van der Waals surface area contributed by atoms with E-state index in [1.165, 1.54) is 11.8 Å². The van der Waals surface area contributed by atoms with Crippen molar-refractivity contribution < 1.29 is 19.4 Å². The van der Waals surface area contributed by atoms with Gasteiger partial charge in [-0.2, -0.15) is 0 Å². The topological polar surface area (TPSA) is 63.6 Å². The van der Waals surface area contributed by atoms with Crippen LogP contribution in [0.15, 0.2) is 0 Å². The number of aliphatic carboxylic acids is 1. The van der Waals surface area contributed by atoms with Crippen molar-refractivity contribution >= 4 is 23.7 Å². The monoisotopic (exact) mass is 204 g/mol. The molecule has 0 saturated carbocycles. The Balaban J connectivity index is 2.51. The molecule has 0 aliphatic carbocycles. The molecule has 0 radical (unpaired) electrons. The highest BCUT2D eigenvalue weighted by Crippen LogP contribution is 2.34. The van der Waals surface area contributed by atoms with Gasteiger partial charge in [-0.05, 0) is 5.92 Å². The second kappa shape index (κ2) is 4.00. The highest BCUT2D eigenvalue weighted by molar-refractivity contribution is 8.01. The summed E-state index contributed by atoms with van der Waals surface area (Å²) in [4.78, 5) is 21.5. The molecule has 2 atom stereocenters. The van der Waals surface area contributed by atoms with Crippen LogP contribution in [-0.2, 0) is 14.3 Å². The first-order valence-corrected chi connectivity index (χ1v) is 5.02. The summed E-state index contributed by atoms with van der Waals surface area (Å²) in [6.45, 7) is 3.88. The van der Waals surface area contributed by atoms with E-state index in [2.05, 4.69) is 0 Å². The molecule has 2 unspecified atom stereocenters. The van der Waals surface area contributed by atoms with Gasteiger partial charge in [-0.1, -0.05) is 13.8 Å². The summed E-state index contributed by atoms with van der Waals surface area (Å²) in [7, 11) is 0. The van der Waals surface area contributed by atoms with E-state index < -0.39 is 17.2 Å². The molecule has 0 aromatic carbocycles. The highest BCUT2D eigenvalue weighted by Gasteiger charge is 2.37. The van der Waals surface area contributed by atoms with Gasteiger partial charge in [0, 0.05) is 0 Å². The Morgan fingerprint density at radius 2 is 2.31 bits per heavy atom. The second-order valence-electron chi connectivity index (χ2n) is 3.27. The van der Waals surface area contributed by atoms with Gasteiger partial charge in [0.2, 0.25) is 0 Å². The standard InChI is InChI=1S/C8H12O4S/c1-4(2)8-12-7(11)5(13-8)3-6(9)10/h4-5,8H,3H2,1-2H3,(H,9,10). The zero-order valence-corrected chi connectivity index (χ0v) is 8.34. The lowest BCUT2D eigenvalue weighted by Crippen LogP contribution is -2.16. The Morgan fingerprint density at radius 1 is 1.69 bits per heavy atom. The zero-order chi connectivity index (χ0) is 10.0. The summed E-state index contributed by atoms with van der Waals surface area (Å²) in [6.07, 6.45) is -0.146. The van der Waals surface area contributed by atoms with Crippen molar-refractivity contribution in [2.24, 2.45) is 5.92 Å². The lowest BCUT2D eigenvalue weighted by molar-refractivity contribution is -0.147. The van der Waals surface area contributed by atoms with E-state index >= 15 is 0 Å². The van der Waals surface area contributed by atoms with Crippen LogP contribution < -0.4 is 0 Å². The molecule has 13 heavy (non-hydrogen) atoms. The average molecular weight is 204 g/mol. The third-order valence-corrected chi connectivity index (χ3v) is 3.29. The van der Waals surface area contributed by atoms with E-state index in [9.17, 15) is 9.59 Å². The molecule has 1 rings (SSSR count). The fourth-order valence-electron chi connectivity index (χ4n) is 1.02. The quantitative estimate of drug-likeness (QED) is 0.697. The lowest BCUT2D eigenvalue weighted by atomic mass is 10.2. The molecule has 4 nitrogen and oxygen atoms in total. The molecule has 1 heterocycles. The SMILES string of the molecule is CC(C)C1OC(=O)C(CC(=O)O)S1. The van der Waals surface area contributed by atoms with Gasteiger partial charge in [-0.25, -0.2) is 0 Å². The number of cyclic esters (lactones) is 1. The number of carboxylic acid groups (broad SMARTS) is 1. The predicted octanol–water partition coefficient (Wildman–Crippen LogP) is 1.10. The fraction of sp³-hybridized carbons (Fsp3) is 0.750. The van der Waals surface area contributed by atoms with Gasteiger partial charge in [0.15, 0.2) is 5.44 Å². The fourth-order valence-corrected chi connectivity index (χ4v) is 2.21. The number of esters is 1. The van der Waals surface area contributed by atoms with Crippen molar-refractivity contribution in [3.63, 3.8) is 0 Å². The summed E-state index contributed by atoms with van der Waals surface area (Å²) in [6, 6.07) is 0. The van der Waals surface area contributed by atoms with Crippen molar-refractivity contribution in [3.05, 3.63) is 0 Å². The molecule has 0 bridgehead atoms. The largest absolute Gasteiger partial charge is 0.481 e. The van der Waals surface area contributed by atoms with E-state index in [1.54, 1.807) is 0 Å². The molecule has 1 N–H and O–H groups in total. The molecule has 1 aliphatic heterocycles. The van der Waals surface area contributed by atoms with Gasteiger partial charge < -0.3 is 9.84 Å². The van der Waals surface area contributed by atoms with Crippen molar-refractivity contribution in [2.75, 3.05) is 0 Å². The maximum atomic E-state index is 11.1. The van der Waals surface area contributed by atoms with Crippen LogP contribution in [-0.4, -0.2) is 27.7 Å². The number of carbonyl (C=O) groups excluding carboxylic acids is 1. The number of carbonyl (C=O) groups is 2. The number of hydrogen-bond acceptors (Lipinski definition) is 4. The third kappa shape index (κ3) is 2.62. The van der Waals surface area contributed by atoms with Gasteiger partial charge in [0.1, 0.15) is 5.25 Å². The Kier molecular flexibility index (Phi) is 3.19. The Labute approximate surface area is 80.6 Å². The molecule has 1 saturated heterocycles. The van der Waals surface area contributed by atoms with Crippen molar-refractivity contribution in [1.82, 2.24) is 0 Å². The molecule has 0 spiro atoms. The first-order valence-electron chi connectivity index (χ1n) is 4.08. The number of hydrogen-bond donors (Lipinski definition) is 1. The zero-order valence-electron chi connectivity index (χ0n) is 7.52. The summed E-state index contributed by atoms with van der Waals surface area (Å²) in [5.74, 6) is -1.13. The van der Waals surface area contributed by atoms with Gasteiger partial charge >= 0.3 is 11.9 Å². The second-order valence-corrected chi connectivity index (χ2v) is 4.58. The van der Waals surface area contributed by atoms with Gasteiger partial charge in [-0.3, -0.25) is 9.59 Å². The minimum Gasteiger partial charge on any atom is -0.481 e. The van der Waals surface area contributed by atoms with Crippen LogP contribution in [0.5, 0.6) is 0 Å². The van der Waals surface area contributed by atoms with Gasteiger partial charge in [0.05, 0.1) is 6.42 Å². The van der Waals surface area contributed by atoms with Gasteiger partial charge in [0.25, 0.3) is 0 Å². The minimum absolute atomic E-state index is 0.146. The van der Waals surface area contributed by atoms with Crippen molar-refractivity contribution in [2.45, 2.75) is 31.0 Å². The van der Waals surface area contributed by atoms with Crippen LogP contribution in [0.25, 0.3) is 0 Å². The maximum Gasteiger partial charge on any atom is 0.320 e. The van der Waals surface area contributed by atoms with E-state index in [1.807, 2.05) is 13.8 Å². The molecule has 1 fully saturated rings. The summed E-state index contributed by atoms with van der Waals surface area (Å²) < 4.78 is 5.00. The van der Waals surface area contributed by atoms with Crippen LogP contribution in [0, 0.1) is 5.92 Å². The molecule has 0 aromatic heterocycles. The third-order valence-electron chi connectivity index (χ3n) is 1.70. The minimum atomic E-state index is -0.959. The van der Waals surface area contributed by atoms with Crippen LogP contribution in [0.3, 0.4) is 0 Å². The van der Waals surface area contributed by atoms with Crippen molar-refractivity contribution in [1.29, 1.82) is 0 Å². The van der Waals surface area contributed by atoms with Crippen LogP contribution in [0.2, 0.25) is 0 Å². The van der Waals surface area contributed by atoms with Crippen LogP contribution in [0.1, 0.15) is 20.3 Å². The molecule has 0 aromatic rings. The maximum absolute atomic E-state index is 11.1. The van der Waals surface area contributed by atoms with E-state index in [4.69, 9.17) is 9.84 Å². The van der Waals surface area contributed by atoms with Crippen LogP contribution in [0.4, 0.5) is 0 Å². The molecular formula is C8H12O4S. The average Bonchev–Trinajstić information content (AvgIpc) is 2.31. The number of carboxylic acids is 1. The Hall–Kier alpha value is -0.710. The summed E-state index contributed by atoms with van der Waals surface area (Å²) in [5, 5.41) is 7.97. The number of thioether (sulfide) groups is 1. The Morgan fingerprint density at radius 3 is 2.69 bits per heavy atom. The molecule has 74 valence electrons. The summed E-state index contributed by atoms with van der Waals surface area (Å²) in [5.41, 5.74) is -0.183. The molecule has 5 heteroatoms. The molecule has 1 aliphatic rings. The molecular weight excluding hydrogens is 192 g/mol. The smallest absolute Gasteiger partial charge is 0.320 e. The first kappa shape index (κ1) is 10.4. The highest BCUT2D eigenvalue weighted by atomic mass is 32.2. The lowest BCUT2D eigenvalue weighted by Gasteiger charge is -2.10. The van der Waals surface area contributed by atoms with E-state index in [0.29, 0.717) is 0 Å². The van der Waals surface area contributed by atoms with Gasteiger partial charge in [-0.15, -0.1) is 11.8 Å². The van der Waals surface area contributed by atoms with Crippen molar-refractivity contribution in [3.8, 4) is 0 Å².